The Labute approximate surface area is 146 Å². The molecule has 3 rings (SSSR count). The number of nitrogens with zero attached hydrogens (tertiary/aromatic N) is 1. The van der Waals surface area contributed by atoms with E-state index < -0.39 is 0 Å². The van der Waals surface area contributed by atoms with Crippen LogP contribution in [0.5, 0.6) is 0 Å². The quantitative estimate of drug-likeness (QED) is 0.860. The number of fused-ring (bicyclic) bond motifs is 1. The summed E-state index contributed by atoms with van der Waals surface area (Å²) >= 11 is 1.45. The van der Waals surface area contributed by atoms with Crippen LogP contribution in [0, 0.1) is 5.41 Å². The van der Waals surface area contributed by atoms with Gasteiger partial charge in [0, 0.05) is 37.7 Å². The normalized spacial score (nSPS) is 23.6. The monoisotopic (exact) mass is 348 g/mol. The van der Waals surface area contributed by atoms with Gasteiger partial charge in [0.2, 0.25) is 5.91 Å². The summed E-state index contributed by atoms with van der Waals surface area (Å²) < 4.78 is 5.16. The Bertz CT molecular complexity index is 626. The molecular formula is C18H24N2O3S. The van der Waals surface area contributed by atoms with E-state index >= 15 is 0 Å². The molecule has 0 bridgehead atoms. The fraction of sp³-hybridized carbons (Fsp3) is 0.556. The molecule has 2 amide bonds. The molecule has 1 N–H and O–H groups in total. The second kappa shape index (κ2) is 7.49. The van der Waals surface area contributed by atoms with Gasteiger partial charge < -0.3 is 15.0 Å². The fourth-order valence-electron chi connectivity index (χ4n) is 3.73. The highest BCUT2D eigenvalue weighted by molar-refractivity contribution is 7.12. The molecule has 1 aliphatic carbocycles. The van der Waals surface area contributed by atoms with Crippen LogP contribution in [0.1, 0.15) is 41.8 Å². The lowest BCUT2D eigenvalue weighted by molar-refractivity contribution is -0.134. The number of methoxy groups -OCH3 is 1. The van der Waals surface area contributed by atoms with Gasteiger partial charge in [0.25, 0.3) is 5.91 Å². The van der Waals surface area contributed by atoms with Gasteiger partial charge in [-0.05, 0) is 37.1 Å². The maximum Gasteiger partial charge on any atom is 0.261 e. The maximum atomic E-state index is 12.4. The number of hydrogen-bond acceptors (Lipinski definition) is 4. The molecular weight excluding hydrogens is 324 g/mol. The molecule has 2 aliphatic rings. The van der Waals surface area contributed by atoms with E-state index in [1.54, 1.807) is 7.11 Å². The zero-order valence-electron chi connectivity index (χ0n) is 14.0. The van der Waals surface area contributed by atoms with Crippen LogP contribution in [0.3, 0.4) is 0 Å². The molecule has 1 fully saturated rings. The van der Waals surface area contributed by atoms with Crippen molar-refractivity contribution in [2.45, 2.75) is 32.1 Å². The Hall–Kier alpha value is -1.66. The largest absolute Gasteiger partial charge is 0.383 e. The van der Waals surface area contributed by atoms with E-state index in [0.29, 0.717) is 26.1 Å². The predicted molar refractivity (Wildman–Crippen MR) is 93.8 cm³/mol. The van der Waals surface area contributed by atoms with Crippen LogP contribution >= 0.6 is 11.3 Å². The molecule has 5 nitrogen and oxygen atoms in total. The van der Waals surface area contributed by atoms with Crippen molar-refractivity contribution in [1.82, 2.24) is 10.2 Å². The van der Waals surface area contributed by atoms with Crippen molar-refractivity contribution in [3.63, 3.8) is 0 Å². The molecule has 1 saturated heterocycles. The van der Waals surface area contributed by atoms with Gasteiger partial charge in [-0.15, -0.1) is 11.3 Å². The van der Waals surface area contributed by atoms with E-state index in [-0.39, 0.29) is 17.2 Å². The summed E-state index contributed by atoms with van der Waals surface area (Å²) in [6, 6.07) is 3.72. The Kier molecular flexibility index (Phi) is 5.36. The molecule has 1 aromatic heterocycles. The highest BCUT2D eigenvalue weighted by atomic mass is 32.1. The standard InChI is InChI=1S/C18H24N2O3S/c1-23-11-10-20-15-6-2-3-8-18(15,9-7-16(20)21)13-19-17(22)14-5-4-12-24-14/h4-6,12H,2-3,7-11,13H2,1H3,(H,19,22). The lowest BCUT2D eigenvalue weighted by Gasteiger charge is -2.47. The number of allylic oxidation sites excluding steroid dienone is 1. The average Bonchev–Trinajstić information content (AvgIpc) is 3.14. The first-order valence-electron chi connectivity index (χ1n) is 8.48. The van der Waals surface area contributed by atoms with E-state index in [1.807, 2.05) is 22.4 Å². The number of amides is 2. The zero-order chi connectivity index (χ0) is 17.0. The van der Waals surface area contributed by atoms with Crippen molar-refractivity contribution in [1.29, 1.82) is 0 Å². The lowest BCUT2D eigenvalue weighted by atomic mass is 9.69. The SMILES string of the molecule is COCCN1C(=O)CCC2(CNC(=O)c3cccs3)CCCC=C12. The van der Waals surface area contributed by atoms with Gasteiger partial charge in [0.1, 0.15) is 0 Å². The van der Waals surface area contributed by atoms with Crippen LogP contribution in [0.25, 0.3) is 0 Å². The second-order valence-corrected chi connectivity index (χ2v) is 7.41. The van der Waals surface area contributed by atoms with E-state index in [4.69, 9.17) is 4.74 Å². The van der Waals surface area contributed by atoms with Crippen LogP contribution < -0.4 is 5.32 Å². The number of piperidine rings is 1. The smallest absolute Gasteiger partial charge is 0.261 e. The van der Waals surface area contributed by atoms with Gasteiger partial charge in [-0.3, -0.25) is 9.59 Å². The molecule has 1 aliphatic heterocycles. The van der Waals surface area contributed by atoms with Gasteiger partial charge in [-0.1, -0.05) is 12.1 Å². The first-order valence-corrected chi connectivity index (χ1v) is 9.36. The number of nitrogens with one attached hydrogen (secondary N) is 1. The van der Waals surface area contributed by atoms with E-state index in [1.165, 1.54) is 11.3 Å². The summed E-state index contributed by atoms with van der Waals surface area (Å²) in [5, 5.41) is 5.01. The minimum atomic E-state index is -0.118. The van der Waals surface area contributed by atoms with Gasteiger partial charge in [0.15, 0.2) is 0 Å². The Morgan fingerprint density at radius 1 is 1.46 bits per heavy atom. The maximum absolute atomic E-state index is 12.4. The van der Waals surface area contributed by atoms with Gasteiger partial charge >= 0.3 is 0 Å². The average molecular weight is 348 g/mol. The first-order chi connectivity index (χ1) is 11.7. The summed E-state index contributed by atoms with van der Waals surface area (Å²) in [6.45, 7) is 1.70. The fourth-order valence-corrected chi connectivity index (χ4v) is 4.37. The first kappa shape index (κ1) is 17.2. The van der Waals surface area contributed by atoms with E-state index in [2.05, 4.69) is 11.4 Å². The van der Waals surface area contributed by atoms with Gasteiger partial charge in [-0.25, -0.2) is 0 Å². The van der Waals surface area contributed by atoms with Crippen molar-refractivity contribution in [3.8, 4) is 0 Å². The van der Waals surface area contributed by atoms with Crippen LogP contribution in [0.4, 0.5) is 0 Å². The van der Waals surface area contributed by atoms with Gasteiger partial charge in [-0.2, -0.15) is 0 Å². The van der Waals surface area contributed by atoms with Crippen LogP contribution in [0.15, 0.2) is 29.3 Å². The minimum Gasteiger partial charge on any atom is -0.383 e. The van der Waals surface area contributed by atoms with Crippen LogP contribution in [0.2, 0.25) is 0 Å². The van der Waals surface area contributed by atoms with Crippen molar-refractivity contribution < 1.29 is 14.3 Å². The molecule has 2 heterocycles. The molecule has 0 radical (unpaired) electrons. The minimum absolute atomic E-state index is 0.0235. The van der Waals surface area contributed by atoms with Crippen molar-refractivity contribution in [2.24, 2.45) is 5.41 Å². The number of rotatable bonds is 6. The summed E-state index contributed by atoms with van der Waals surface area (Å²) in [4.78, 5) is 27.3. The summed E-state index contributed by atoms with van der Waals surface area (Å²) in [5.41, 5.74) is 0.973. The number of thiophene rings is 1. The molecule has 130 valence electrons. The number of ether oxygens (including phenoxy) is 1. The molecule has 0 spiro atoms. The molecule has 24 heavy (non-hydrogen) atoms. The third-order valence-electron chi connectivity index (χ3n) is 5.00. The lowest BCUT2D eigenvalue weighted by Crippen LogP contribution is -2.51. The summed E-state index contributed by atoms with van der Waals surface area (Å²) in [5.74, 6) is 0.144. The number of hydrogen-bond donors (Lipinski definition) is 1. The van der Waals surface area contributed by atoms with E-state index in [0.717, 1.165) is 36.3 Å². The molecule has 6 heteroatoms. The highest BCUT2D eigenvalue weighted by Gasteiger charge is 2.44. The number of likely N-dealkylation sites (tertiary alicyclic amines) is 1. The third kappa shape index (κ3) is 3.39. The van der Waals surface area contributed by atoms with Crippen LogP contribution in [-0.2, 0) is 9.53 Å². The molecule has 0 aromatic carbocycles. The molecule has 1 unspecified atom stereocenters. The second-order valence-electron chi connectivity index (χ2n) is 6.46. The van der Waals surface area contributed by atoms with Crippen LogP contribution in [-0.4, -0.2) is 43.5 Å². The number of carbonyl (C=O) groups is 2. The summed E-state index contributed by atoms with van der Waals surface area (Å²) in [6.07, 6.45) is 6.65. The van der Waals surface area contributed by atoms with Crippen molar-refractivity contribution >= 4 is 23.2 Å². The molecule has 1 atom stereocenters. The van der Waals surface area contributed by atoms with Gasteiger partial charge in [0.05, 0.1) is 11.5 Å². The Morgan fingerprint density at radius 2 is 2.33 bits per heavy atom. The summed E-state index contributed by atoms with van der Waals surface area (Å²) in [7, 11) is 1.65. The van der Waals surface area contributed by atoms with Crippen molar-refractivity contribution in [3.05, 3.63) is 34.2 Å². The highest BCUT2D eigenvalue weighted by Crippen LogP contribution is 2.46. The van der Waals surface area contributed by atoms with E-state index in [9.17, 15) is 9.59 Å². The predicted octanol–water partition coefficient (Wildman–Crippen LogP) is 2.80. The molecule has 0 saturated carbocycles. The zero-order valence-corrected chi connectivity index (χ0v) is 14.9. The Morgan fingerprint density at radius 3 is 3.08 bits per heavy atom. The molecule has 1 aromatic rings. The van der Waals surface area contributed by atoms with Crippen molar-refractivity contribution in [2.75, 3.05) is 26.8 Å². The Balaban J connectivity index is 1.75. The topological polar surface area (TPSA) is 58.6 Å². The third-order valence-corrected chi connectivity index (χ3v) is 5.87. The number of carbonyl (C=O) groups excluding carboxylic acids is 2.